The van der Waals surface area contributed by atoms with E-state index in [1.165, 1.54) is 7.05 Å². The Balaban J connectivity index is 2.24. The van der Waals surface area contributed by atoms with Crippen molar-refractivity contribution in [3.8, 4) is 0 Å². The van der Waals surface area contributed by atoms with Crippen LogP contribution in [-0.2, 0) is 17.1 Å². The third kappa shape index (κ3) is 3.72. The molecule has 0 aliphatic heterocycles. The first kappa shape index (κ1) is 18.7. The molecule has 0 fully saturated rings. The average molecular weight is 392 g/mol. The number of rotatable bonds is 6. The van der Waals surface area contributed by atoms with Gasteiger partial charge in [-0.3, -0.25) is 4.68 Å². The van der Waals surface area contributed by atoms with Crippen LogP contribution < -0.4 is 4.72 Å². The number of aryl methyl sites for hydroxylation is 1. The molecule has 24 heavy (non-hydrogen) atoms. The smallest absolute Gasteiger partial charge is 0.355 e. The number of carbonyl (C=O) groups is 1. The van der Waals surface area contributed by atoms with Crippen LogP contribution in [0.2, 0.25) is 10.0 Å². The molecule has 0 aliphatic rings. The van der Waals surface area contributed by atoms with E-state index in [0.29, 0.717) is 15.6 Å². The van der Waals surface area contributed by atoms with Gasteiger partial charge in [0.1, 0.15) is 4.90 Å². The second kappa shape index (κ2) is 7.10. The van der Waals surface area contributed by atoms with Crippen molar-refractivity contribution >= 4 is 39.2 Å². The van der Waals surface area contributed by atoms with Crippen LogP contribution in [0, 0.1) is 0 Å². The number of sulfonamides is 1. The minimum Gasteiger partial charge on any atom is -0.476 e. The molecule has 0 saturated carbocycles. The molecule has 7 nitrogen and oxygen atoms in total. The molecule has 0 aliphatic carbocycles. The highest BCUT2D eigenvalue weighted by atomic mass is 35.5. The van der Waals surface area contributed by atoms with Gasteiger partial charge in [0.25, 0.3) is 0 Å². The lowest BCUT2D eigenvalue weighted by atomic mass is 10.0. The van der Waals surface area contributed by atoms with Gasteiger partial charge >= 0.3 is 5.97 Å². The van der Waals surface area contributed by atoms with E-state index in [-0.39, 0.29) is 12.5 Å². The number of carboxylic acids is 1. The van der Waals surface area contributed by atoms with Gasteiger partial charge in [-0.1, -0.05) is 36.2 Å². The molecule has 1 atom stereocenters. The largest absolute Gasteiger partial charge is 0.476 e. The molecule has 1 heterocycles. The highest BCUT2D eigenvalue weighted by molar-refractivity contribution is 7.89. The molecule has 0 saturated heterocycles. The molecule has 2 N–H and O–H groups in total. The van der Waals surface area contributed by atoms with Crippen LogP contribution in [0.3, 0.4) is 0 Å². The maximum Gasteiger partial charge on any atom is 0.355 e. The Labute approximate surface area is 149 Å². The molecular weight excluding hydrogens is 377 g/mol. The van der Waals surface area contributed by atoms with Gasteiger partial charge in [0.05, 0.1) is 6.20 Å². The number of aromatic carboxylic acids is 1. The SMILES string of the molecule is CC(CNS(=O)(=O)c1cnn(C)c1C(=O)O)c1c(Cl)cccc1Cl. The summed E-state index contributed by atoms with van der Waals surface area (Å²) in [6.45, 7) is 1.76. The van der Waals surface area contributed by atoms with Crippen LogP contribution in [0.4, 0.5) is 0 Å². The zero-order valence-electron chi connectivity index (χ0n) is 12.8. The zero-order valence-corrected chi connectivity index (χ0v) is 15.2. The van der Waals surface area contributed by atoms with Crippen LogP contribution in [0.25, 0.3) is 0 Å². The number of hydrogen-bond donors (Lipinski definition) is 2. The monoisotopic (exact) mass is 391 g/mol. The summed E-state index contributed by atoms with van der Waals surface area (Å²) in [5.74, 6) is -1.69. The summed E-state index contributed by atoms with van der Waals surface area (Å²) < 4.78 is 28.1. The third-order valence-corrected chi connectivity index (χ3v) is 5.55. The lowest BCUT2D eigenvalue weighted by molar-refractivity contribution is 0.0680. The topological polar surface area (TPSA) is 101 Å². The van der Waals surface area contributed by atoms with Crippen molar-refractivity contribution in [2.24, 2.45) is 7.05 Å². The fourth-order valence-electron chi connectivity index (χ4n) is 2.25. The fraction of sp³-hybridized carbons (Fsp3) is 0.286. The lowest BCUT2D eigenvalue weighted by Crippen LogP contribution is -2.29. The van der Waals surface area contributed by atoms with Crippen molar-refractivity contribution in [3.63, 3.8) is 0 Å². The van der Waals surface area contributed by atoms with Crippen molar-refractivity contribution in [1.82, 2.24) is 14.5 Å². The molecule has 130 valence electrons. The first-order chi connectivity index (χ1) is 11.1. The number of nitrogens with zero attached hydrogens (tertiary/aromatic N) is 2. The van der Waals surface area contributed by atoms with E-state index in [2.05, 4.69) is 9.82 Å². The van der Waals surface area contributed by atoms with Gasteiger partial charge in [-0.05, 0) is 23.6 Å². The summed E-state index contributed by atoms with van der Waals surface area (Å²) in [7, 11) is -2.69. The van der Waals surface area contributed by atoms with Crippen LogP contribution >= 0.6 is 23.2 Å². The first-order valence-corrected chi connectivity index (χ1v) is 9.08. The van der Waals surface area contributed by atoms with E-state index in [4.69, 9.17) is 28.3 Å². The quantitative estimate of drug-likeness (QED) is 0.787. The highest BCUT2D eigenvalue weighted by Crippen LogP contribution is 2.31. The van der Waals surface area contributed by atoms with Gasteiger partial charge in [0.2, 0.25) is 10.0 Å². The molecule has 2 rings (SSSR count). The molecule has 0 radical (unpaired) electrons. The molecule has 1 aromatic carbocycles. The molecule has 0 bridgehead atoms. The number of aromatic nitrogens is 2. The molecule has 0 amide bonds. The molecule has 0 spiro atoms. The van der Waals surface area contributed by atoms with Crippen molar-refractivity contribution in [2.75, 3.05) is 6.54 Å². The van der Waals surface area contributed by atoms with E-state index in [1.807, 2.05) is 0 Å². The van der Waals surface area contributed by atoms with Gasteiger partial charge in [-0.15, -0.1) is 0 Å². The van der Waals surface area contributed by atoms with Crippen LogP contribution in [0.1, 0.15) is 28.9 Å². The minimum atomic E-state index is -4.04. The minimum absolute atomic E-state index is 0.000258. The molecule has 2 aromatic rings. The van der Waals surface area contributed by atoms with Gasteiger partial charge in [-0.2, -0.15) is 5.10 Å². The standard InChI is InChI=1S/C14H15Cl2N3O4S/c1-8(12-9(15)4-3-5-10(12)16)6-18-24(22,23)11-7-17-19(2)13(11)14(20)21/h3-5,7-8,18H,6H2,1-2H3,(H,20,21). The number of carboxylic acid groups (broad SMARTS) is 1. The Morgan fingerprint density at radius 2 is 1.96 bits per heavy atom. The number of benzene rings is 1. The van der Waals surface area contributed by atoms with Crippen molar-refractivity contribution in [2.45, 2.75) is 17.7 Å². The van der Waals surface area contributed by atoms with Crippen LogP contribution in [0.15, 0.2) is 29.3 Å². The predicted octanol–water partition coefficient (Wildman–Crippen LogP) is 2.51. The van der Waals surface area contributed by atoms with Gasteiger partial charge in [0, 0.05) is 23.6 Å². The Kier molecular flexibility index (Phi) is 5.54. The summed E-state index contributed by atoms with van der Waals surface area (Å²) >= 11 is 12.2. The molecule has 10 heteroatoms. The summed E-state index contributed by atoms with van der Waals surface area (Å²) in [5, 5.41) is 13.7. The number of halogens is 2. The molecule has 1 unspecified atom stereocenters. The lowest BCUT2D eigenvalue weighted by Gasteiger charge is -2.16. The van der Waals surface area contributed by atoms with E-state index >= 15 is 0 Å². The average Bonchev–Trinajstić information content (AvgIpc) is 2.88. The number of nitrogens with one attached hydrogen (secondary N) is 1. The van der Waals surface area contributed by atoms with E-state index in [9.17, 15) is 13.2 Å². The van der Waals surface area contributed by atoms with Gasteiger partial charge in [0.15, 0.2) is 5.69 Å². The van der Waals surface area contributed by atoms with Crippen LogP contribution in [0.5, 0.6) is 0 Å². The summed E-state index contributed by atoms with van der Waals surface area (Å²) in [4.78, 5) is 10.8. The Hall–Kier alpha value is -1.61. The van der Waals surface area contributed by atoms with Gasteiger partial charge < -0.3 is 5.11 Å². The van der Waals surface area contributed by atoms with E-state index in [1.54, 1.807) is 25.1 Å². The van der Waals surface area contributed by atoms with Crippen LogP contribution in [-0.4, -0.2) is 35.8 Å². The second-order valence-electron chi connectivity index (χ2n) is 5.17. The highest BCUT2D eigenvalue weighted by Gasteiger charge is 2.27. The maximum absolute atomic E-state index is 12.4. The second-order valence-corrected chi connectivity index (χ2v) is 7.72. The predicted molar refractivity (Wildman–Crippen MR) is 90.2 cm³/mol. The maximum atomic E-state index is 12.4. The molecule has 1 aromatic heterocycles. The zero-order chi connectivity index (χ0) is 18.1. The van der Waals surface area contributed by atoms with Crippen molar-refractivity contribution < 1.29 is 18.3 Å². The third-order valence-electron chi connectivity index (χ3n) is 3.47. The fourth-order valence-corrected chi connectivity index (χ4v) is 4.31. The van der Waals surface area contributed by atoms with E-state index < -0.39 is 26.6 Å². The Morgan fingerprint density at radius 1 is 1.38 bits per heavy atom. The van der Waals surface area contributed by atoms with Crippen molar-refractivity contribution in [1.29, 1.82) is 0 Å². The van der Waals surface area contributed by atoms with Crippen molar-refractivity contribution in [3.05, 3.63) is 45.7 Å². The Morgan fingerprint density at radius 3 is 2.50 bits per heavy atom. The summed E-state index contributed by atoms with van der Waals surface area (Å²) in [6, 6.07) is 5.02. The number of hydrogen-bond acceptors (Lipinski definition) is 4. The summed E-state index contributed by atoms with van der Waals surface area (Å²) in [6.07, 6.45) is 0.999. The molecular formula is C14H15Cl2N3O4S. The Bertz CT molecular complexity index is 860. The van der Waals surface area contributed by atoms with E-state index in [0.717, 1.165) is 10.9 Å². The van der Waals surface area contributed by atoms with Gasteiger partial charge in [-0.25, -0.2) is 17.9 Å². The summed E-state index contributed by atoms with van der Waals surface area (Å²) in [5.41, 5.74) is 0.208. The first-order valence-electron chi connectivity index (χ1n) is 6.84. The normalized spacial score (nSPS) is 13.0.